The second kappa shape index (κ2) is 6.21. The number of carbonyl (C=O) groups is 2. The lowest BCUT2D eigenvalue weighted by atomic mass is 10.1. The van der Waals surface area contributed by atoms with Gasteiger partial charge in [0.05, 0.1) is 6.54 Å². The van der Waals surface area contributed by atoms with Gasteiger partial charge in [0.25, 0.3) is 5.91 Å². The molecule has 0 aliphatic rings. The number of nitrogens with zero attached hydrogens (tertiary/aromatic N) is 2. The number of likely N-dealkylation sites (N-methyl/N-ethyl adjacent to an activating group) is 1. The van der Waals surface area contributed by atoms with Crippen LogP contribution < -0.4 is 5.32 Å². The van der Waals surface area contributed by atoms with E-state index in [9.17, 15) is 9.59 Å². The Hall–Kier alpha value is -2.63. The molecule has 1 aromatic carbocycles. The predicted molar refractivity (Wildman–Crippen MR) is 78.0 cm³/mol. The Labute approximate surface area is 122 Å². The third-order valence-corrected chi connectivity index (χ3v) is 3.00. The van der Waals surface area contributed by atoms with Gasteiger partial charge in [-0.25, -0.2) is 0 Å². The van der Waals surface area contributed by atoms with Crippen LogP contribution in [0.5, 0.6) is 0 Å². The van der Waals surface area contributed by atoms with Crippen LogP contribution in [0.1, 0.15) is 21.7 Å². The van der Waals surface area contributed by atoms with Gasteiger partial charge in [-0.2, -0.15) is 0 Å². The molecular formula is C15H17N3O3. The molecule has 0 aliphatic carbocycles. The summed E-state index contributed by atoms with van der Waals surface area (Å²) < 4.78 is 4.86. The number of hydrogen-bond acceptors (Lipinski definition) is 4. The first-order chi connectivity index (χ1) is 9.97. The minimum absolute atomic E-state index is 0.0565. The van der Waals surface area contributed by atoms with Gasteiger partial charge in [0.15, 0.2) is 5.82 Å². The van der Waals surface area contributed by atoms with Gasteiger partial charge in [0.2, 0.25) is 5.91 Å². The van der Waals surface area contributed by atoms with Crippen molar-refractivity contribution in [3.63, 3.8) is 0 Å². The van der Waals surface area contributed by atoms with E-state index in [1.165, 1.54) is 4.90 Å². The summed E-state index contributed by atoms with van der Waals surface area (Å²) in [5.41, 5.74) is 1.46. The largest absolute Gasteiger partial charge is 0.360 e. The zero-order chi connectivity index (χ0) is 15.4. The van der Waals surface area contributed by atoms with Crippen LogP contribution in [0, 0.1) is 13.8 Å². The van der Waals surface area contributed by atoms with E-state index >= 15 is 0 Å². The molecule has 21 heavy (non-hydrogen) atoms. The molecule has 1 aromatic heterocycles. The molecule has 0 fully saturated rings. The van der Waals surface area contributed by atoms with E-state index in [2.05, 4.69) is 10.5 Å². The number of rotatable bonds is 4. The molecule has 0 saturated carbocycles. The summed E-state index contributed by atoms with van der Waals surface area (Å²) in [6.45, 7) is 3.54. The minimum atomic E-state index is -0.326. The van der Waals surface area contributed by atoms with Crippen molar-refractivity contribution >= 4 is 17.6 Å². The minimum Gasteiger partial charge on any atom is -0.360 e. The molecule has 2 amide bonds. The number of nitrogens with one attached hydrogen (secondary N) is 1. The van der Waals surface area contributed by atoms with Crippen LogP contribution in [0.2, 0.25) is 0 Å². The van der Waals surface area contributed by atoms with Crippen molar-refractivity contribution in [2.24, 2.45) is 0 Å². The summed E-state index contributed by atoms with van der Waals surface area (Å²) in [6, 6.07) is 8.88. The standard InChI is InChI=1S/C15H17N3O3/c1-10-6-4-5-7-12(10)15(20)18(3)9-14(19)16-13-8-11(2)21-17-13/h4-8H,9H2,1-3H3,(H,16,17,19). The molecule has 0 aliphatic heterocycles. The quantitative estimate of drug-likeness (QED) is 0.933. The highest BCUT2D eigenvalue weighted by atomic mass is 16.5. The fourth-order valence-electron chi connectivity index (χ4n) is 1.91. The second-order valence-corrected chi connectivity index (χ2v) is 4.85. The Kier molecular flexibility index (Phi) is 4.37. The van der Waals surface area contributed by atoms with Gasteiger partial charge in [-0.3, -0.25) is 9.59 Å². The van der Waals surface area contributed by atoms with Crippen LogP contribution in [0.3, 0.4) is 0 Å². The highest BCUT2D eigenvalue weighted by molar-refractivity contribution is 5.99. The summed E-state index contributed by atoms with van der Waals surface area (Å²) in [6.07, 6.45) is 0. The number of carbonyl (C=O) groups excluding carboxylic acids is 2. The molecule has 2 rings (SSSR count). The number of aromatic nitrogens is 1. The number of aryl methyl sites for hydroxylation is 2. The molecule has 2 aromatic rings. The normalized spacial score (nSPS) is 10.2. The Bertz CT molecular complexity index is 664. The number of hydrogen-bond donors (Lipinski definition) is 1. The lowest BCUT2D eigenvalue weighted by Gasteiger charge is -2.17. The molecule has 6 nitrogen and oxygen atoms in total. The first kappa shape index (κ1) is 14.8. The average Bonchev–Trinajstić information content (AvgIpc) is 2.83. The molecule has 1 N–H and O–H groups in total. The van der Waals surface area contributed by atoms with Gasteiger partial charge >= 0.3 is 0 Å². The highest BCUT2D eigenvalue weighted by Gasteiger charge is 2.17. The van der Waals surface area contributed by atoms with Gasteiger partial charge in [-0.15, -0.1) is 0 Å². The summed E-state index contributed by atoms with van der Waals surface area (Å²) in [5, 5.41) is 6.25. The Morgan fingerprint density at radius 2 is 2.00 bits per heavy atom. The Balaban J connectivity index is 1.97. The van der Waals surface area contributed by atoms with E-state index in [4.69, 9.17) is 4.52 Å². The molecule has 1 heterocycles. The van der Waals surface area contributed by atoms with E-state index in [1.807, 2.05) is 19.1 Å². The van der Waals surface area contributed by atoms with E-state index < -0.39 is 0 Å². The lowest BCUT2D eigenvalue weighted by Crippen LogP contribution is -2.35. The second-order valence-electron chi connectivity index (χ2n) is 4.85. The smallest absolute Gasteiger partial charge is 0.254 e. The van der Waals surface area contributed by atoms with Crippen molar-refractivity contribution in [1.82, 2.24) is 10.1 Å². The maximum Gasteiger partial charge on any atom is 0.254 e. The zero-order valence-corrected chi connectivity index (χ0v) is 12.2. The summed E-state index contributed by atoms with van der Waals surface area (Å²) in [5.74, 6) is 0.427. The Morgan fingerprint density at radius 1 is 1.29 bits per heavy atom. The van der Waals surface area contributed by atoms with Crippen molar-refractivity contribution in [3.05, 3.63) is 47.2 Å². The van der Waals surface area contributed by atoms with Crippen molar-refractivity contribution in [1.29, 1.82) is 0 Å². The summed E-state index contributed by atoms with van der Waals surface area (Å²) in [7, 11) is 1.59. The molecule has 6 heteroatoms. The first-order valence-electron chi connectivity index (χ1n) is 6.51. The van der Waals surface area contributed by atoms with Crippen molar-refractivity contribution in [2.45, 2.75) is 13.8 Å². The SMILES string of the molecule is Cc1cc(NC(=O)CN(C)C(=O)c2ccccc2C)no1. The number of amides is 2. The van der Waals surface area contributed by atoms with E-state index in [1.54, 1.807) is 32.2 Å². The average molecular weight is 287 g/mol. The van der Waals surface area contributed by atoms with Crippen LogP contribution in [0.15, 0.2) is 34.9 Å². The third kappa shape index (κ3) is 3.68. The molecule has 0 bridgehead atoms. The van der Waals surface area contributed by atoms with Gasteiger partial charge in [-0.1, -0.05) is 23.4 Å². The molecule has 0 radical (unpaired) electrons. The summed E-state index contributed by atoms with van der Waals surface area (Å²) >= 11 is 0. The predicted octanol–water partition coefficient (Wildman–Crippen LogP) is 2.00. The van der Waals surface area contributed by atoms with E-state index in [0.29, 0.717) is 17.1 Å². The fourth-order valence-corrected chi connectivity index (χ4v) is 1.91. The molecular weight excluding hydrogens is 270 g/mol. The molecule has 110 valence electrons. The van der Waals surface area contributed by atoms with Crippen LogP contribution in [-0.2, 0) is 4.79 Å². The van der Waals surface area contributed by atoms with Crippen LogP contribution in [0.25, 0.3) is 0 Å². The summed E-state index contributed by atoms with van der Waals surface area (Å²) in [4.78, 5) is 25.5. The lowest BCUT2D eigenvalue weighted by molar-refractivity contribution is -0.116. The van der Waals surface area contributed by atoms with Gasteiger partial charge in [-0.05, 0) is 25.5 Å². The monoisotopic (exact) mass is 287 g/mol. The number of anilines is 1. The van der Waals surface area contributed by atoms with Crippen LogP contribution in [-0.4, -0.2) is 35.5 Å². The van der Waals surface area contributed by atoms with E-state index in [0.717, 1.165) is 5.56 Å². The molecule has 0 spiro atoms. The van der Waals surface area contributed by atoms with Crippen molar-refractivity contribution in [3.8, 4) is 0 Å². The fraction of sp³-hybridized carbons (Fsp3) is 0.267. The third-order valence-electron chi connectivity index (χ3n) is 3.00. The molecule has 0 saturated heterocycles. The molecule has 0 atom stereocenters. The maximum absolute atomic E-state index is 12.3. The molecule has 0 unspecified atom stereocenters. The van der Waals surface area contributed by atoms with Crippen LogP contribution in [0.4, 0.5) is 5.82 Å². The van der Waals surface area contributed by atoms with Crippen molar-refractivity contribution < 1.29 is 14.1 Å². The zero-order valence-electron chi connectivity index (χ0n) is 12.2. The van der Waals surface area contributed by atoms with E-state index in [-0.39, 0.29) is 18.4 Å². The van der Waals surface area contributed by atoms with Gasteiger partial charge < -0.3 is 14.7 Å². The highest BCUT2D eigenvalue weighted by Crippen LogP contribution is 2.10. The number of benzene rings is 1. The van der Waals surface area contributed by atoms with Crippen LogP contribution >= 0.6 is 0 Å². The van der Waals surface area contributed by atoms with Gasteiger partial charge in [0.1, 0.15) is 5.76 Å². The van der Waals surface area contributed by atoms with Gasteiger partial charge in [0, 0.05) is 18.7 Å². The maximum atomic E-state index is 12.3. The first-order valence-corrected chi connectivity index (χ1v) is 6.51. The van der Waals surface area contributed by atoms with Crippen molar-refractivity contribution in [2.75, 3.05) is 18.9 Å². The topological polar surface area (TPSA) is 75.4 Å². The Morgan fingerprint density at radius 3 is 2.62 bits per heavy atom.